The maximum atomic E-state index is 12.4. The van der Waals surface area contributed by atoms with Crippen LogP contribution >= 0.6 is 15.9 Å². The summed E-state index contributed by atoms with van der Waals surface area (Å²) >= 11 is 3.20. The summed E-state index contributed by atoms with van der Waals surface area (Å²) in [6.07, 6.45) is 0. The highest BCUT2D eigenvalue weighted by molar-refractivity contribution is 9.10. The molecule has 0 saturated carbocycles. The van der Waals surface area contributed by atoms with Crippen molar-refractivity contribution in [3.05, 3.63) is 58.1 Å². The molecule has 1 amide bonds. The van der Waals surface area contributed by atoms with Crippen LogP contribution in [0.1, 0.15) is 20.7 Å². The van der Waals surface area contributed by atoms with Crippen molar-refractivity contribution in [2.24, 2.45) is 0 Å². The van der Waals surface area contributed by atoms with E-state index in [1.165, 1.54) is 51.5 Å². The van der Waals surface area contributed by atoms with Gasteiger partial charge in [-0.3, -0.25) is 4.79 Å². The van der Waals surface area contributed by atoms with E-state index in [0.717, 1.165) is 4.31 Å². The Labute approximate surface area is 160 Å². The average molecular weight is 441 g/mol. The number of carbonyl (C=O) groups excluding carboxylic acids is 2. The average Bonchev–Trinajstić information content (AvgIpc) is 2.61. The lowest BCUT2D eigenvalue weighted by molar-refractivity contribution is 0.0600. The lowest BCUT2D eigenvalue weighted by atomic mass is 10.2. The van der Waals surface area contributed by atoms with E-state index in [2.05, 4.69) is 26.0 Å². The van der Waals surface area contributed by atoms with Gasteiger partial charge in [0, 0.05) is 29.8 Å². The summed E-state index contributed by atoms with van der Waals surface area (Å²) in [5, 5.41) is 2.65. The molecule has 2 aromatic carbocycles. The van der Waals surface area contributed by atoms with E-state index in [0.29, 0.717) is 15.7 Å². The van der Waals surface area contributed by atoms with Crippen LogP contribution in [0, 0.1) is 0 Å². The van der Waals surface area contributed by atoms with E-state index in [4.69, 9.17) is 0 Å². The summed E-state index contributed by atoms with van der Waals surface area (Å²) in [7, 11) is 0.411. The minimum absolute atomic E-state index is 0.00353. The molecule has 0 bridgehead atoms. The van der Waals surface area contributed by atoms with Gasteiger partial charge in [0.1, 0.15) is 0 Å². The molecule has 26 heavy (non-hydrogen) atoms. The number of carbonyl (C=O) groups is 2. The van der Waals surface area contributed by atoms with E-state index in [9.17, 15) is 18.0 Å². The van der Waals surface area contributed by atoms with Gasteiger partial charge in [-0.05, 0) is 58.4 Å². The van der Waals surface area contributed by atoms with Gasteiger partial charge in [-0.15, -0.1) is 0 Å². The minimum atomic E-state index is -3.70. The van der Waals surface area contributed by atoms with Crippen LogP contribution in [0.4, 0.5) is 5.69 Å². The van der Waals surface area contributed by atoms with Crippen LogP contribution in [0.2, 0.25) is 0 Å². The maximum Gasteiger partial charge on any atom is 0.337 e. The molecule has 0 radical (unpaired) electrons. The second kappa shape index (κ2) is 7.98. The summed E-state index contributed by atoms with van der Waals surface area (Å²) in [6.45, 7) is 0. The molecule has 9 heteroatoms. The number of hydrogen-bond donors (Lipinski definition) is 1. The van der Waals surface area contributed by atoms with Gasteiger partial charge in [0.05, 0.1) is 17.6 Å². The Morgan fingerprint density at radius 2 is 1.62 bits per heavy atom. The number of nitrogens with zero attached hydrogens (tertiary/aromatic N) is 1. The standard InChI is InChI=1S/C17H17BrN2O5S/c1-20(2)26(23,24)15-10-12(6-9-14(15)18)16(21)19-13-7-4-11(5-8-13)17(22)25-3/h4-10H,1-3H3,(H,19,21). The molecule has 1 N–H and O–H groups in total. The van der Waals surface area contributed by atoms with Crippen LogP contribution in [0.15, 0.2) is 51.8 Å². The number of anilines is 1. The number of nitrogens with one attached hydrogen (secondary N) is 1. The van der Waals surface area contributed by atoms with Crippen molar-refractivity contribution in [3.8, 4) is 0 Å². The van der Waals surface area contributed by atoms with Crippen molar-refractivity contribution in [2.75, 3.05) is 26.5 Å². The molecule has 0 saturated heterocycles. The summed E-state index contributed by atoms with van der Waals surface area (Å²) in [6, 6.07) is 10.5. The summed E-state index contributed by atoms with van der Waals surface area (Å²) < 4.78 is 30.7. The van der Waals surface area contributed by atoms with Crippen LogP contribution < -0.4 is 5.32 Å². The molecule has 0 unspecified atom stereocenters. The highest BCUT2D eigenvalue weighted by Gasteiger charge is 2.22. The molecule has 7 nitrogen and oxygen atoms in total. The fourth-order valence-electron chi connectivity index (χ4n) is 2.05. The molecule has 2 aromatic rings. The molecule has 0 aliphatic rings. The second-order valence-electron chi connectivity index (χ2n) is 5.46. The first-order valence-corrected chi connectivity index (χ1v) is 9.62. The molecule has 0 heterocycles. The lowest BCUT2D eigenvalue weighted by Crippen LogP contribution is -2.23. The van der Waals surface area contributed by atoms with Gasteiger partial charge >= 0.3 is 5.97 Å². The van der Waals surface area contributed by atoms with Crippen molar-refractivity contribution in [1.29, 1.82) is 0 Å². The normalized spacial score (nSPS) is 11.3. The van der Waals surface area contributed by atoms with Gasteiger partial charge in [0.15, 0.2) is 0 Å². The monoisotopic (exact) mass is 440 g/mol. The zero-order valence-corrected chi connectivity index (χ0v) is 16.7. The molecular weight excluding hydrogens is 424 g/mol. The highest BCUT2D eigenvalue weighted by atomic mass is 79.9. The van der Waals surface area contributed by atoms with Crippen molar-refractivity contribution in [1.82, 2.24) is 4.31 Å². The van der Waals surface area contributed by atoms with E-state index < -0.39 is 21.9 Å². The van der Waals surface area contributed by atoms with Gasteiger partial charge in [0.2, 0.25) is 10.0 Å². The maximum absolute atomic E-state index is 12.4. The Morgan fingerprint density at radius 3 is 2.15 bits per heavy atom. The first-order valence-electron chi connectivity index (χ1n) is 7.38. The molecule has 0 aliphatic carbocycles. The van der Waals surface area contributed by atoms with E-state index in [1.807, 2.05) is 0 Å². The number of halogens is 1. The van der Waals surface area contributed by atoms with Crippen molar-refractivity contribution >= 4 is 43.5 Å². The van der Waals surface area contributed by atoms with E-state index in [-0.39, 0.29) is 10.5 Å². The predicted octanol–water partition coefficient (Wildman–Crippen LogP) is 2.74. The third-order valence-corrected chi connectivity index (χ3v) is 6.32. The topological polar surface area (TPSA) is 92.8 Å². The molecule has 0 fully saturated rings. The predicted molar refractivity (Wildman–Crippen MR) is 101 cm³/mol. The Balaban J connectivity index is 2.27. The number of esters is 1. The third-order valence-electron chi connectivity index (χ3n) is 3.52. The molecule has 0 aliphatic heterocycles. The van der Waals surface area contributed by atoms with Gasteiger partial charge in [-0.2, -0.15) is 0 Å². The Bertz CT molecular complexity index is 940. The molecule has 138 valence electrons. The quantitative estimate of drug-likeness (QED) is 0.721. The third kappa shape index (κ3) is 4.29. The van der Waals surface area contributed by atoms with Gasteiger partial charge in [-0.1, -0.05) is 0 Å². The summed E-state index contributed by atoms with van der Waals surface area (Å²) in [5.41, 5.74) is 1.00. The first-order chi connectivity index (χ1) is 12.2. The first kappa shape index (κ1) is 20.1. The molecule has 0 atom stereocenters. The van der Waals surface area contributed by atoms with Crippen LogP contribution in [0.25, 0.3) is 0 Å². The number of methoxy groups -OCH3 is 1. The van der Waals surface area contributed by atoms with Crippen molar-refractivity contribution in [2.45, 2.75) is 4.90 Å². The fourth-order valence-corrected chi connectivity index (χ4v) is 3.89. The Hall–Kier alpha value is -2.23. The molecule has 0 spiro atoms. The van der Waals surface area contributed by atoms with Gasteiger partial charge in [-0.25, -0.2) is 17.5 Å². The Kier molecular flexibility index (Phi) is 6.17. The van der Waals surface area contributed by atoms with E-state index >= 15 is 0 Å². The number of amides is 1. The number of hydrogen-bond acceptors (Lipinski definition) is 5. The van der Waals surface area contributed by atoms with Crippen LogP contribution in [0.3, 0.4) is 0 Å². The number of sulfonamides is 1. The lowest BCUT2D eigenvalue weighted by Gasteiger charge is -2.14. The SMILES string of the molecule is COC(=O)c1ccc(NC(=O)c2ccc(Br)c(S(=O)(=O)N(C)C)c2)cc1. The van der Waals surface area contributed by atoms with E-state index in [1.54, 1.807) is 12.1 Å². The van der Waals surface area contributed by atoms with Crippen molar-refractivity contribution < 1.29 is 22.7 Å². The zero-order chi connectivity index (χ0) is 19.5. The van der Waals surface area contributed by atoms with Crippen molar-refractivity contribution in [3.63, 3.8) is 0 Å². The second-order valence-corrected chi connectivity index (χ2v) is 8.43. The molecule has 2 rings (SSSR count). The van der Waals surface area contributed by atoms with Crippen LogP contribution in [-0.4, -0.2) is 45.8 Å². The largest absolute Gasteiger partial charge is 0.465 e. The smallest absolute Gasteiger partial charge is 0.337 e. The number of ether oxygens (including phenoxy) is 1. The molecule has 0 aromatic heterocycles. The summed E-state index contributed by atoms with van der Waals surface area (Å²) in [4.78, 5) is 23.8. The van der Waals surface area contributed by atoms with Crippen LogP contribution in [0.5, 0.6) is 0 Å². The highest BCUT2D eigenvalue weighted by Crippen LogP contribution is 2.25. The minimum Gasteiger partial charge on any atom is -0.465 e. The van der Waals surface area contributed by atoms with Gasteiger partial charge in [0.25, 0.3) is 5.91 Å². The zero-order valence-electron chi connectivity index (χ0n) is 14.3. The summed E-state index contributed by atoms with van der Waals surface area (Å²) in [5.74, 6) is -0.951. The number of benzene rings is 2. The van der Waals surface area contributed by atoms with Crippen LogP contribution in [-0.2, 0) is 14.8 Å². The Morgan fingerprint density at radius 1 is 1.04 bits per heavy atom. The molecular formula is C17H17BrN2O5S. The fraction of sp³-hybridized carbons (Fsp3) is 0.176. The van der Waals surface area contributed by atoms with Gasteiger partial charge < -0.3 is 10.1 Å². The number of rotatable bonds is 5.